The zero-order chi connectivity index (χ0) is 18.7. The third-order valence-corrected chi connectivity index (χ3v) is 4.03. The Morgan fingerprint density at radius 2 is 1.96 bits per heavy atom. The highest BCUT2D eigenvalue weighted by atomic mass is 16.5. The summed E-state index contributed by atoms with van der Waals surface area (Å²) in [6.45, 7) is 3.27. The molecule has 0 saturated carbocycles. The molecule has 3 rings (SSSR count). The van der Waals surface area contributed by atoms with Crippen LogP contribution < -0.4 is 15.4 Å². The maximum Gasteiger partial charge on any atom is 0.326 e. The molecule has 0 spiro atoms. The molecular formula is C19H21N3O4. The maximum absolute atomic E-state index is 12.7. The van der Waals surface area contributed by atoms with Crippen molar-refractivity contribution in [3.05, 3.63) is 48.0 Å². The lowest BCUT2D eigenvalue weighted by molar-refractivity contribution is -0.144. The predicted molar refractivity (Wildman–Crippen MR) is 96.8 cm³/mol. The highest BCUT2D eigenvalue weighted by Gasteiger charge is 2.42. The van der Waals surface area contributed by atoms with Crippen LogP contribution in [-0.2, 0) is 20.7 Å². The van der Waals surface area contributed by atoms with Crippen LogP contribution in [0.5, 0.6) is 5.75 Å². The summed E-state index contributed by atoms with van der Waals surface area (Å²) >= 11 is 0. The molecule has 7 heteroatoms. The van der Waals surface area contributed by atoms with E-state index in [9.17, 15) is 9.59 Å². The number of hydrogen-bond acceptors (Lipinski definition) is 6. The summed E-state index contributed by atoms with van der Waals surface area (Å²) in [6.07, 6.45) is 0.608. The molecule has 1 aromatic heterocycles. The Labute approximate surface area is 151 Å². The molecule has 2 N–H and O–H groups in total. The normalized spacial score (nSPS) is 15.2. The van der Waals surface area contributed by atoms with E-state index >= 15 is 0 Å². The molecule has 2 heterocycles. The summed E-state index contributed by atoms with van der Waals surface area (Å²) < 4.78 is 11.0. The van der Waals surface area contributed by atoms with Crippen molar-refractivity contribution in [1.82, 2.24) is 4.98 Å². The Kier molecular flexibility index (Phi) is 4.79. The number of anilines is 2. The predicted octanol–water partition coefficient (Wildman–Crippen LogP) is 1.95. The zero-order valence-electron chi connectivity index (χ0n) is 14.8. The lowest BCUT2D eigenvalue weighted by Crippen LogP contribution is -2.54. The van der Waals surface area contributed by atoms with E-state index in [-0.39, 0.29) is 30.7 Å². The number of nitrogen functional groups attached to an aromatic ring is 1. The molecule has 2 aromatic rings. The number of nitrogens with zero attached hydrogens (tertiary/aromatic N) is 2. The number of esters is 1. The minimum atomic E-state index is -1.10. The van der Waals surface area contributed by atoms with Gasteiger partial charge >= 0.3 is 5.97 Å². The summed E-state index contributed by atoms with van der Waals surface area (Å²) in [5.74, 6) is -0.0113. The fourth-order valence-electron chi connectivity index (χ4n) is 2.71. The van der Waals surface area contributed by atoms with Gasteiger partial charge in [0.15, 0.2) is 17.2 Å². The summed E-state index contributed by atoms with van der Waals surface area (Å²) in [4.78, 5) is 30.3. The van der Waals surface area contributed by atoms with Gasteiger partial charge in [-0.15, -0.1) is 0 Å². The number of nitrogens with two attached hydrogens (primary N) is 1. The van der Waals surface area contributed by atoms with Crippen molar-refractivity contribution in [2.75, 3.05) is 23.8 Å². The van der Waals surface area contributed by atoms with E-state index in [1.807, 2.05) is 30.3 Å². The second kappa shape index (κ2) is 7.03. The molecule has 0 radical (unpaired) electrons. The number of fused-ring (bicyclic) bond motifs is 1. The lowest BCUT2D eigenvalue weighted by atomic mass is 10.1. The van der Waals surface area contributed by atoms with Crippen molar-refractivity contribution in [2.24, 2.45) is 0 Å². The summed E-state index contributed by atoms with van der Waals surface area (Å²) in [7, 11) is 0. The molecule has 136 valence electrons. The van der Waals surface area contributed by atoms with Crippen LogP contribution in [0, 0.1) is 0 Å². The Bertz CT molecular complexity index is 821. The molecule has 7 nitrogen and oxygen atoms in total. The largest absolute Gasteiger partial charge is 0.474 e. The molecule has 1 aromatic carbocycles. The van der Waals surface area contributed by atoms with Gasteiger partial charge in [-0.25, -0.2) is 4.98 Å². The van der Waals surface area contributed by atoms with Gasteiger partial charge in [0.2, 0.25) is 0 Å². The van der Waals surface area contributed by atoms with E-state index in [1.165, 1.54) is 4.90 Å². The molecule has 0 atom stereocenters. The van der Waals surface area contributed by atoms with E-state index in [4.69, 9.17) is 15.2 Å². The quantitative estimate of drug-likeness (QED) is 0.824. The van der Waals surface area contributed by atoms with Crippen molar-refractivity contribution in [1.29, 1.82) is 0 Å². The number of rotatable bonds is 5. The lowest BCUT2D eigenvalue weighted by Gasteiger charge is -2.37. The molecule has 26 heavy (non-hydrogen) atoms. The number of amides is 1. The van der Waals surface area contributed by atoms with Gasteiger partial charge < -0.3 is 15.2 Å². The van der Waals surface area contributed by atoms with E-state index in [0.29, 0.717) is 12.2 Å². The van der Waals surface area contributed by atoms with Gasteiger partial charge in [-0.1, -0.05) is 30.3 Å². The number of carbonyl (C=O) groups is 2. The van der Waals surface area contributed by atoms with Crippen molar-refractivity contribution >= 4 is 23.5 Å². The van der Waals surface area contributed by atoms with Crippen molar-refractivity contribution in [3.8, 4) is 5.75 Å². The number of hydrogen-bond donors (Lipinski definition) is 1. The molecule has 0 bridgehead atoms. The van der Waals surface area contributed by atoms with E-state index in [0.717, 1.165) is 5.56 Å². The fraction of sp³-hybridized carbons (Fsp3) is 0.316. The number of pyridine rings is 1. The van der Waals surface area contributed by atoms with Crippen LogP contribution in [0.1, 0.15) is 19.4 Å². The number of ether oxygens (including phenoxy) is 2. The van der Waals surface area contributed by atoms with Crippen LogP contribution in [0.2, 0.25) is 0 Å². The summed E-state index contributed by atoms with van der Waals surface area (Å²) in [5.41, 5.74) is 5.68. The first kappa shape index (κ1) is 17.7. The van der Waals surface area contributed by atoms with Crippen molar-refractivity contribution < 1.29 is 19.1 Å². The third-order valence-electron chi connectivity index (χ3n) is 4.03. The average Bonchev–Trinajstić information content (AvgIpc) is 2.60. The van der Waals surface area contributed by atoms with Gasteiger partial charge in [0.05, 0.1) is 6.61 Å². The topological polar surface area (TPSA) is 94.8 Å². The number of carbonyl (C=O) groups excluding carboxylic acids is 2. The van der Waals surface area contributed by atoms with E-state index < -0.39 is 11.6 Å². The Morgan fingerprint density at radius 1 is 1.23 bits per heavy atom. The third kappa shape index (κ3) is 3.77. The Morgan fingerprint density at radius 3 is 2.69 bits per heavy atom. The molecule has 1 amide bonds. The van der Waals surface area contributed by atoms with Gasteiger partial charge in [-0.05, 0) is 31.5 Å². The summed E-state index contributed by atoms with van der Waals surface area (Å²) in [6, 6.07) is 12.9. The van der Waals surface area contributed by atoms with Gasteiger partial charge in [0.1, 0.15) is 12.4 Å². The van der Waals surface area contributed by atoms with Gasteiger partial charge in [0, 0.05) is 6.42 Å². The van der Waals surface area contributed by atoms with Crippen molar-refractivity contribution in [3.63, 3.8) is 0 Å². The molecule has 0 unspecified atom stereocenters. The first-order valence-electron chi connectivity index (χ1n) is 8.34. The maximum atomic E-state index is 12.7. The SMILES string of the molecule is CC1(C)Oc2ccc(N)nc2N(CC(=O)OCCc2ccccc2)C1=O. The molecule has 1 aliphatic heterocycles. The van der Waals surface area contributed by atoms with Crippen LogP contribution >= 0.6 is 0 Å². The van der Waals surface area contributed by atoms with Crippen molar-refractivity contribution in [2.45, 2.75) is 25.9 Å². The Hall–Kier alpha value is -3.09. The standard InChI is InChI=1S/C19H21N3O4/c1-19(2)18(24)22(17-14(26-19)8-9-15(20)21-17)12-16(23)25-11-10-13-6-4-3-5-7-13/h3-9H,10-12H2,1-2H3,(H2,20,21). The molecular weight excluding hydrogens is 334 g/mol. The first-order valence-corrected chi connectivity index (χ1v) is 8.34. The first-order chi connectivity index (χ1) is 12.4. The monoisotopic (exact) mass is 355 g/mol. The van der Waals surface area contributed by atoms with Gasteiger partial charge in [-0.2, -0.15) is 0 Å². The van der Waals surface area contributed by atoms with Crippen LogP contribution in [-0.4, -0.2) is 35.6 Å². The second-order valence-corrected chi connectivity index (χ2v) is 6.52. The highest BCUT2D eigenvalue weighted by molar-refractivity contribution is 6.04. The minimum Gasteiger partial charge on any atom is -0.474 e. The van der Waals surface area contributed by atoms with Gasteiger partial charge in [0.25, 0.3) is 5.91 Å². The number of benzene rings is 1. The van der Waals surface area contributed by atoms with Crippen LogP contribution in [0.15, 0.2) is 42.5 Å². The zero-order valence-corrected chi connectivity index (χ0v) is 14.8. The van der Waals surface area contributed by atoms with Crippen LogP contribution in [0.25, 0.3) is 0 Å². The van der Waals surface area contributed by atoms with Crippen LogP contribution in [0.4, 0.5) is 11.6 Å². The molecule has 1 aliphatic rings. The number of aromatic nitrogens is 1. The fourth-order valence-corrected chi connectivity index (χ4v) is 2.71. The molecule has 0 fully saturated rings. The van der Waals surface area contributed by atoms with Crippen LogP contribution in [0.3, 0.4) is 0 Å². The highest BCUT2D eigenvalue weighted by Crippen LogP contribution is 2.36. The second-order valence-electron chi connectivity index (χ2n) is 6.52. The molecule has 0 aliphatic carbocycles. The smallest absolute Gasteiger partial charge is 0.326 e. The Balaban J connectivity index is 1.68. The summed E-state index contributed by atoms with van der Waals surface area (Å²) in [5, 5.41) is 0. The van der Waals surface area contributed by atoms with Gasteiger partial charge in [-0.3, -0.25) is 14.5 Å². The molecule has 0 saturated heterocycles. The van der Waals surface area contributed by atoms with E-state index in [2.05, 4.69) is 4.98 Å². The van der Waals surface area contributed by atoms with E-state index in [1.54, 1.807) is 26.0 Å². The average molecular weight is 355 g/mol. The minimum absolute atomic E-state index is 0.231.